The Kier molecular flexibility index (Phi) is 15.1. The zero-order valence-corrected chi connectivity index (χ0v) is 29.7. The van der Waals surface area contributed by atoms with Gasteiger partial charge in [-0.15, -0.1) is 0 Å². The summed E-state index contributed by atoms with van der Waals surface area (Å²) in [5.74, 6) is -5.90. The van der Waals surface area contributed by atoms with E-state index in [-0.39, 0.29) is 31.7 Å². The first-order valence-corrected chi connectivity index (χ1v) is 17.1. The van der Waals surface area contributed by atoms with Crippen LogP contribution in [0.25, 0.3) is 10.9 Å². The number of carbonyl (C=O) groups excluding carboxylic acids is 6. The highest BCUT2D eigenvalue weighted by atomic mass is 16.4. The third-order valence-corrected chi connectivity index (χ3v) is 8.70. The van der Waals surface area contributed by atoms with Crippen LogP contribution in [0.4, 0.5) is 0 Å². The smallest absolute Gasteiger partial charge is 0.322 e. The normalized spacial score (nSPS) is 17.7. The standard InChI is InChI=1S/C34H50N8O10/c1-17(2)12-23(30(48)38-18(3)29(47)37-15-27(45)46)39-31(49)24(13-20-14-36-22-9-6-5-8-21(20)22)40-32(50)25(16-43)41-33(51)26-10-7-11-42(26)34(52)28(35)19(4)44/h5-6,8-9,14,17-19,23-26,28,36,43-44H,7,10-13,15-16,35H2,1-4H3,(H,37,47)(H,38,48)(H,39,49)(H,40,50)(H,41,51)(H,45,46)/t18-,19+,23-,24-,25-,26-,28-/m0/s1. The van der Waals surface area contributed by atoms with Crippen molar-refractivity contribution in [2.75, 3.05) is 19.7 Å². The van der Waals surface area contributed by atoms with Gasteiger partial charge in [0.1, 0.15) is 42.8 Å². The maximum absolute atomic E-state index is 13.9. The van der Waals surface area contributed by atoms with Gasteiger partial charge in [0.15, 0.2) is 0 Å². The quantitative estimate of drug-likeness (QED) is 0.0772. The number of nitrogens with one attached hydrogen (secondary N) is 6. The summed E-state index contributed by atoms with van der Waals surface area (Å²) in [6.45, 7) is 5.03. The molecule has 7 atom stereocenters. The number of aromatic amines is 1. The van der Waals surface area contributed by atoms with Crippen molar-refractivity contribution in [1.82, 2.24) is 36.5 Å². The van der Waals surface area contributed by atoms with E-state index in [2.05, 4.69) is 31.6 Å². The van der Waals surface area contributed by atoms with Gasteiger partial charge in [0.25, 0.3) is 0 Å². The predicted molar refractivity (Wildman–Crippen MR) is 187 cm³/mol. The third kappa shape index (κ3) is 11.2. The Morgan fingerprint density at radius 3 is 2.17 bits per heavy atom. The van der Waals surface area contributed by atoms with Gasteiger partial charge in [0.2, 0.25) is 35.4 Å². The number of aromatic nitrogens is 1. The lowest BCUT2D eigenvalue weighted by atomic mass is 10.00. The Labute approximate surface area is 300 Å². The van der Waals surface area contributed by atoms with E-state index in [1.807, 2.05) is 32.0 Å². The van der Waals surface area contributed by atoms with E-state index in [1.54, 1.807) is 12.3 Å². The van der Waals surface area contributed by atoms with Gasteiger partial charge in [-0.05, 0) is 50.7 Å². The number of nitrogens with zero attached hydrogens (tertiary/aromatic N) is 1. The molecule has 2 aromatic rings. The second kappa shape index (κ2) is 19.0. The molecule has 0 bridgehead atoms. The minimum Gasteiger partial charge on any atom is -0.480 e. The molecule has 3 rings (SSSR count). The second-order valence-corrected chi connectivity index (χ2v) is 13.4. The molecule has 0 saturated carbocycles. The van der Waals surface area contributed by atoms with Crippen molar-refractivity contribution in [3.63, 3.8) is 0 Å². The van der Waals surface area contributed by atoms with Crippen molar-refractivity contribution in [3.05, 3.63) is 36.0 Å². The minimum absolute atomic E-state index is 0.0696. The number of hydrogen-bond acceptors (Lipinski definition) is 10. The summed E-state index contributed by atoms with van der Waals surface area (Å²) in [7, 11) is 0. The molecule has 0 radical (unpaired) electrons. The van der Waals surface area contributed by atoms with Gasteiger partial charge in [0.05, 0.1) is 12.7 Å². The van der Waals surface area contributed by atoms with Gasteiger partial charge >= 0.3 is 5.97 Å². The van der Waals surface area contributed by atoms with Crippen molar-refractivity contribution >= 4 is 52.3 Å². The summed E-state index contributed by atoms with van der Waals surface area (Å²) in [4.78, 5) is 94.4. The van der Waals surface area contributed by atoms with E-state index in [1.165, 1.54) is 18.7 Å². The Bertz CT molecular complexity index is 1610. The lowest BCUT2D eigenvalue weighted by molar-refractivity contribution is -0.142. The summed E-state index contributed by atoms with van der Waals surface area (Å²) in [6.07, 6.45) is 1.30. The monoisotopic (exact) mass is 730 g/mol. The highest BCUT2D eigenvalue weighted by Gasteiger charge is 2.39. The first-order chi connectivity index (χ1) is 24.5. The van der Waals surface area contributed by atoms with Gasteiger partial charge in [-0.1, -0.05) is 32.0 Å². The number of benzene rings is 1. The number of carboxylic acids is 1. The molecule has 1 saturated heterocycles. The fourth-order valence-electron chi connectivity index (χ4n) is 5.84. The van der Waals surface area contributed by atoms with Crippen molar-refractivity contribution in [2.24, 2.45) is 11.7 Å². The summed E-state index contributed by atoms with van der Waals surface area (Å²) in [5, 5.41) is 41.9. The fraction of sp³-hybridized carbons (Fsp3) is 0.559. The van der Waals surface area contributed by atoms with Crippen molar-refractivity contribution in [2.45, 2.75) is 95.7 Å². The van der Waals surface area contributed by atoms with Crippen LogP contribution in [-0.2, 0) is 40.0 Å². The molecule has 0 aliphatic carbocycles. The van der Waals surface area contributed by atoms with Crippen LogP contribution in [0.1, 0.15) is 52.5 Å². The van der Waals surface area contributed by atoms with E-state index >= 15 is 0 Å². The van der Waals surface area contributed by atoms with Crippen LogP contribution < -0.4 is 32.3 Å². The fourth-order valence-corrected chi connectivity index (χ4v) is 5.84. The van der Waals surface area contributed by atoms with Crippen LogP contribution in [-0.4, -0.2) is 129 Å². The summed E-state index contributed by atoms with van der Waals surface area (Å²) < 4.78 is 0. The first-order valence-electron chi connectivity index (χ1n) is 17.1. The number of fused-ring (bicyclic) bond motifs is 1. The van der Waals surface area contributed by atoms with Gasteiger partial charge in [-0.25, -0.2) is 0 Å². The van der Waals surface area contributed by atoms with E-state index in [0.29, 0.717) is 12.0 Å². The van der Waals surface area contributed by atoms with Crippen LogP contribution in [0, 0.1) is 5.92 Å². The summed E-state index contributed by atoms with van der Waals surface area (Å²) in [5.41, 5.74) is 7.22. The predicted octanol–water partition coefficient (Wildman–Crippen LogP) is -2.39. The average Bonchev–Trinajstić information content (AvgIpc) is 3.75. The molecule has 6 amide bonds. The van der Waals surface area contributed by atoms with E-state index in [0.717, 1.165) is 10.9 Å². The molecule has 52 heavy (non-hydrogen) atoms. The molecule has 18 heteroatoms. The minimum atomic E-state index is -1.53. The second-order valence-electron chi connectivity index (χ2n) is 13.4. The van der Waals surface area contributed by atoms with Gasteiger partial charge < -0.3 is 57.5 Å². The number of nitrogens with two attached hydrogens (primary N) is 1. The number of likely N-dealkylation sites (tertiary alicyclic amines) is 1. The van der Waals surface area contributed by atoms with Crippen molar-refractivity contribution in [1.29, 1.82) is 0 Å². The van der Waals surface area contributed by atoms with E-state index in [9.17, 15) is 43.8 Å². The lowest BCUT2D eigenvalue weighted by Gasteiger charge is -2.29. The number of para-hydroxylation sites is 1. The number of hydrogen-bond donors (Lipinski definition) is 10. The Hall–Kier alpha value is -5.07. The van der Waals surface area contributed by atoms with Crippen LogP contribution in [0.3, 0.4) is 0 Å². The van der Waals surface area contributed by atoms with Gasteiger partial charge in [0, 0.05) is 30.1 Å². The number of aliphatic hydroxyl groups is 2. The molecule has 0 unspecified atom stereocenters. The van der Waals surface area contributed by atoms with Crippen molar-refractivity contribution in [3.8, 4) is 0 Å². The number of H-pyrrole nitrogens is 1. The number of aliphatic carboxylic acids is 1. The van der Waals surface area contributed by atoms with E-state index < -0.39 is 96.9 Å². The third-order valence-electron chi connectivity index (χ3n) is 8.70. The largest absolute Gasteiger partial charge is 0.480 e. The summed E-state index contributed by atoms with van der Waals surface area (Å²) >= 11 is 0. The lowest BCUT2D eigenvalue weighted by Crippen LogP contribution is -2.60. The Morgan fingerprint density at radius 2 is 1.54 bits per heavy atom. The molecule has 1 aromatic heterocycles. The number of rotatable bonds is 18. The van der Waals surface area contributed by atoms with E-state index in [4.69, 9.17) is 10.8 Å². The zero-order valence-electron chi connectivity index (χ0n) is 29.7. The van der Waals surface area contributed by atoms with Crippen LogP contribution in [0.2, 0.25) is 0 Å². The maximum atomic E-state index is 13.9. The first kappa shape index (κ1) is 41.4. The zero-order chi connectivity index (χ0) is 38.7. The number of carboxylic acid groups (broad SMARTS) is 1. The molecular formula is C34H50N8O10. The number of amides is 6. The van der Waals surface area contributed by atoms with Crippen LogP contribution in [0.5, 0.6) is 0 Å². The Balaban J connectivity index is 1.82. The van der Waals surface area contributed by atoms with Gasteiger partial charge in [-0.2, -0.15) is 0 Å². The molecule has 11 N–H and O–H groups in total. The summed E-state index contributed by atoms with van der Waals surface area (Å²) in [6, 6.07) is -0.172. The molecule has 0 spiro atoms. The number of carbonyl (C=O) groups is 7. The molecule has 1 aromatic carbocycles. The van der Waals surface area contributed by atoms with Crippen LogP contribution in [0.15, 0.2) is 30.5 Å². The molecule has 1 aliphatic heterocycles. The molecule has 1 fully saturated rings. The molecule has 2 heterocycles. The number of aliphatic hydroxyl groups excluding tert-OH is 2. The van der Waals surface area contributed by atoms with Crippen molar-refractivity contribution < 1.29 is 48.9 Å². The van der Waals surface area contributed by atoms with Gasteiger partial charge in [-0.3, -0.25) is 33.6 Å². The maximum Gasteiger partial charge on any atom is 0.322 e. The highest BCUT2D eigenvalue weighted by Crippen LogP contribution is 2.21. The average molecular weight is 731 g/mol. The molecular weight excluding hydrogens is 680 g/mol. The molecule has 1 aliphatic rings. The molecule has 286 valence electrons. The topological polar surface area (TPSA) is 285 Å². The highest BCUT2D eigenvalue weighted by molar-refractivity contribution is 5.97. The SMILES string of the molecule is CC(C)C[C@H](NC(=O)[C@H](Cc1c[nH]c2ccccc12)NC(=O)[C@H](CO)NC(=O)[C@@H]1CCCN1C(=O)[C@@H](N)[C@@H](C)O)C(=O)N[C@@H](C)C(=O)NCC(=O)O. The van der Waals surface area contributed by atoms with Crippen LogP contribution >= 0.6 is 0 Å². The molecule has 18 nitrogen and oxygen atoms in total. The Morgan fingerprint density at radius 1 is 0.904 bits per heavy atom.